The molecule has 0 heterocycles. The first kappa shape index (κ1) is 14.8. The summed E-state index contributed by atoms with van der Waals surface area (Å²) in [5.41, 5.74) is 5.51. The second kappa shape index (κ2) is 6.20. The molecule has 1 aromatic rings. The molecule has 1 amide bonds. The molecule has 1 aliphatic rings. The monoisotopic (exact) mass is 282 g/mol. The zero-order valence-corrected chi connectivity index (χ0v) is 11.6. The van der Waals surface area contributed by atoms with Crippen LogP contribution in [0.3, 0.4) is 0 Å². The van der Waals surface area contributed by atoms with Crippen molar-refractivity contribution in [1.29, 1.82) is 0 Å². The minimum absolute atomic E-state index is 0.00707. The maximum atomic E-state index is 13.2. The molecule has 1 aromatic carbocycles. The summed E-state index contributed by atoms with van der Waals surface area (Å²) >= 11 is 0. The van der Waals surface area contributed by atoms with Gasteiger partial charge in [-0.25, -0.2) is 8.78 Å². The highest BCUT2D eigenvalue weighted by atomic mass is 19.2. The van der Waals surface area contributed by atoms with E-state index in [0.29, 0.717) is 18.4 Å². The fourth-order valence-electron chi connectivity index (χ4n) is 2.77. The first-order valence-corrected chi connectivity index (χ1v) is 7.01. The third-order valence-electron chi connectivity index (χ3n) is 4.15. The van der Waals surface area contributed by atoms with Gasteiger partial charge in [-0.05, 0) is 24.3 Å². The van der Waals surface area contributed by atoms with Crippen LogP contribution in [0, 0.1) is 23.5 Å². The van der Waals surface area contributed by atoms with E-state index in [9.17, 15) is 13.6 Å². The molecule has 1 fully saturated rings. The van der Waals surface area contributed by atoms with Gasteiger partial charge in [-0.3, -0.25) is 4.79 Å². The van der Waals surface area contributed by atoms with E-state index in [-0.39, 0.29) is 11.3 Å². The molecule has 1 saturated carbocycles. The second-order valence-corrected chi connectivity index (χ2v) is 5.59. The van der Waals surface area contributed by atoms with Crippen LogP contribution in [0.4, 0.5) is 14.5 Å². The SMILES string of the molecule is CC1CCCCC1CNC(=O)c1cc(F)c(F)cc1N. The number of rotatable bonds is 3. The van der Waals surface area contributed by atoms with Gasteiger partial charge >= 0.3 is 0 Å². The highest BCUT2D eigenvalue weighted by molar-refractivity contribution is 5.99. The lowest BCUT2D eigenvalue weighted by molar-refractivity contribution is 0.0937. The fraction of sp³-hybridized carbons (Fsp3) is 0.533. The largest absolute Gasteiger partial charge is 0.398 e. The van der Waals surface area contributed by atoms with Crippen molar-refractivity contribution in [2.45, 2.75) is 32.6 Å². The van der Waals surface area contributed by atoms with Gasteiger partial charge in [0.2, 0.25) is 0 Å². The predicted molar refractivity (Wildman–Crippen MR) is 74.2 cm³/mol. The molecule has 1 aliphatic carbocycles. The number of carbonyl (C=O) groups excluding carboxylic acids is 1. The van der Waals surface area contributed by atoms with E-state index in [2.05, 4.69) is 12.2 Å². The van der Waals surface area contributed by atoms with Crippen LogP contribution in [0.25, 0.3) is 0 Å². The summed E-state index contributed by atoms with van der Waals surface area (Å²) in [7, 11) is 0. The number of hydrogen-bond acceptors (Lipinski definition) is 2. The third-order valence-corrected chi connectivity index (χ3v) is 4.15. The van der Waals surface area contributed by atoms with Gasteiger partial charge < -0.3 is 11.1 Å². The topological polar surface area (TPSA) is 55.1 Å². The van der Waals surface area contributed by atoms with Crippen molar-refractivity contribution in [3.8, 4) is 0 Å². The number of nitrogen functional groups attached to an aromatic ring is 1. The van der Waals surface area contributed by atoms with E-state index < -0.39 is 17.5 Å². The standard InChI is InChI=1S/C15H20F2N2O/c1-9-4-2-3-5-10(9)8-19-15(20)11-6-12(16)13(17)7-14(11)18/h6-7,9-10H,2-5,8,18H2,1H3,(H,19,20). The van der Waals surface area contributed by atoms with Gasteiger partial charge in [0.1, 0.15) is 0 Å². The number of benzene rings is 1. The van der Waals surface area contributed by atoms with Gasteiger partial charge in [0.15, 0.2) is 11.6 Å². The van der Waals surface area contributed by atoms with Gasteiger partial charge in [0, 0.05) is 18.3 Å². The maximum Gasteiger partial charge on any atom is 0.253 e. The van der Waals surface area contributed by atoms with E-state index in [4.69, 9.17) is 5.73 Å². The highest BCUT2D eigenvalue weighted by Crippen LogP contribution is 2.29. The van der Waals surface area contributed by atoms with E-state index in [1.807, 2.05) is 0 Å². The Balaban J connectivity index is 2.00. The molecule has 0 saturated heterocycles. The van der Waals surface area contributed by atoms with Crippen LogP contribution in [0.15, 0.2) is 12.1 Å². The maximum absolute atomic E-state index is 13.2. The molecule has 0 bridgehead atoms. The number of halogens is 2. The van der Waals surface area contributed by atoms with Gasteiger partial charge in [-0.2, -0.15) is 0 Å². The Morgan fingerprint density at radius 3 is 2.65 bits per heavy atom. The summed E-state index contributed by atoms with van der Waals surface area (Å²) in [6.07, 6.45) is 4.68. The lowest BCUT2D eigenvalue weighted by Crippen LogP contribution is -2.33. The summed E-state index contributed by atoms with van der Waals surface area (Å²) in [4.78, 5) is 12.0. The Labute approximate surface area is 117 Å². The predicted octanol–water partition coefficient (Wildman–Crippen LogP) is 3.10. The van der Waals surface area contributed by atoms with Crippen molar-refractivity contribution in [1.82, 2.24) is 5.32 Å². The minimum Gasteiger partial charge on any atom is -0.398 e. The minimum atomic E-state index is -1.06. The number of nitrogens with one attached hydrogen (secondary N) is 1. The first-order valence-electron chi connectivity index (χ1n) is 7.01. The molecule has 3 N–H and O–H groups in total. The van der Waals surface area contributed by atoms with Gasteiger partial charge in [-0.15, -0.1) is 0 Å². The number of amides is 1. The molecule has 2 rings (SSSR count). The lowest BCUT2D eigenvalue weighted by atomic mass is 9.80. The Kier molecular flexibility index (Phi) is 4.57. The first-order chi connectivity index (χ1) is 9.49. The highest BCUT2D eigenvalue weighted by Gasteiger charge is 2.22. The van der Waals surface area contributed by atoms with Crippen molar-refractivity contribution < 1.29 is 13.6 Å². The molecule has 20 heavy (non-hydrogen) atoms. The zero-order chi connectivity index (χ0) is 14.7. The molecule has 0 spiro atoms. The summed E-state index contributed by atoms with van der Waals surface area (Å²) in [6, 6.07) is 1.69. The smallest absolute Gasteiger partial charge is 0.253 e. The van der Waals surface area contributed by atoms with Crippen LogP contribution in [0.2, 0.25) is 0 Å². The molecule has 0 aromatic heterocycles. The summed E-state index contributed by atoms with van der Waals surface area (Å²) in [5, 5.41) is 2.78. The Hall–Kier alpha value is -1.65. The number of nitrogens with two attached hydrogens (primary N) is 1. The van der Waals surface area contributed by atoms with Gasteiger partial charge in [-0.1, -0.05) is 26.2 Å². The quantitative estimate of drug-likeness (QED) is 0.837. The zero-order valence-electron chi connectivity index (χ0n) is 11.6. The number of hydrogen-bond donors (Lipinski definition) is 2. The Bertz CT molecular complexity index is 505. The van der Waals surface area contributed by atoms with Gasteiger partial charge in [0.05, 0.1) is 5.56 Å². The van der Waals surface area contributed by atoms with Crippen molar-refractivity contribution in [2.24, 2.45) is 11.8 Å². The fourth-order valence-corrected chi connectivity index (χ4v) is 2.77. The number of carbonyl (C=O) groups is 1. The lowest BCUT2D eigenvalue weighted by Gasteiger charge is -2.28. The van der Waals surface area contributed by atoms with Crippen LogP contribution in [0.1, 0.15) is 43.0 Å². The number of anilines is 1. The molecular weight excluding hydrogens is 262 g/mol. The van der Waals surface area contributed by atoms with E-state index in [0.717, 1.165) is 18.6 Å². The average molecular weight is 282 g/mol. The van der Waals surface area contributed by atoms with Crippen molar-refractivity contribution in [3.63, 3.8) is 0 Å². The molecule has 2 unspecified atom stereocenters. The van der Waals surface area contributed by atoms with Crippen molar-refractivity contribution in [3.05, 3.63) is 29.3 Å². The molecule has 3 nitrogen and oxygen atoms in total. The summed E-state index contributed by atoms with van der Waals surface area (Å²) < 4.78 is 26.1. The Morgan fingerprint density at radius 2 is 1.95 bits per heavy atom. The average Bonchev–Trinajstić information content (AvgIpc) is 2.41. The van der Waals surface area contributed by atoms with Crippen LogP contribution in [-0.4, -0.2) is 12.5 Å². The normalized spacial score (nSPS) is 22.6. The van der Waals surface area contributed by atoms with Gasteiger partial charge in [0.25, 0.3) is 5.91 Å². The van der Waals surface area contributed by atoms with E-state index >= 15 is 0 Å². The van der Waals surface area contributed by atoms with Crippen LogP contribution >= 0.6 is 0 Å². The molecule has 110 valence electrons. The van der Waals surface area contributed by atoms with Crippen LogP contribution < -0.4 is 11.1 Å². The third kappa shape index (κ3) is 3.26. The summed E-state index contributed by atoms with van der Waals surface area (Å²) in [5.74, 6) is -1.53. The summed E-state index contributed by atoms with van der Waals surface area (Å²) in [6.45, 7) is 2.74. The molecule has 0 aliphatic heterocycles. The van der Waals surface area contributed by atoms with Crippen LogP contribution in [-0.2, 0) is 0 Å². The Morgan fingerprint density at radius 1 is 1.30 bits per heavy atom. The molecule has 5 heteroatoms. The molecule has 2 atom stereocenters. The van der Waals surface area contributed by atoms with Crippen molar-refractivity contribution in [2.75, 3.05) is 12.3 Å². The van der Waals surface area contributed by atoms with E-state index in [1.165, 1.54) is 19.3 Å². The molecule has 0 radical (unpaired) electrons. The molecular formula is C15H20F2N2O. The van der Waals surface area contributed by atoms with E-state index in [1.54, 1.807) is 0 Å². The van der Waals surface area contributed by atoms with Crippen LogP contribution in [0.5, 0.6) is 0 Å². The van der Waals surface area contributed by atoms with Crippen molar-refractivity contribution >= 4 is 11.6 Å². The second-order valence-electron chi connectivity index (χ2n) is 5.59.